The first-order valence-electron chi connectivity index (χ1n) is 7.68. The lowest BCUT2D eigenvalue weighted by molar-refractivity contribution is 0.0788. The lowest BCUT2D eigenvalue weighted by Crippen LogP contribution is -2.39. The molecule has 2 bridgehead atoms. The van der Waals surface area contributed by atoms with Crippen molar-refractivity contribution in [3.8, 4) is 0 Å². The molecule has 2 saturated carbocycles. The Bertz CT molecular complexity index is 536. The highest BCUT2D eigenvalue weighted by Gasteiger charge is 2.61. The molecule has 4 heteroatoms. The maximum atomic E-state index is 6.45. The van der Waals surface area contributed by atoms with Crippen LogP contribution in [0.4, 0.5) is 0 Å². The first-order valence-corrected chi connectivity index (χ1v) is 8.06. The third-order valence-electron chi connectivity index (χ3n) is 5.78. The summed E-state index contributed by atoms with van der Waals surface area (Å²) in [6.07, 6.45) is 3.96. The number of fused-ring (bicyclic) bond motifs is 2. The molecule has 1 aromatic rings. The van der Waals surface area contributed by atoms with Crippen molar-refractivity contribution in [3.05, 3.63) is 11.1 Å². The van der Waals surface area contributed by atoms with Crippen molar-refractivity contribution in [1.82, 2.24) is 14.8 Å². The standard InChI is InChI=1S/C16H26ClN3/c1-14(2,3)12-18-19-13(17)20(12)11-15(4,5)10-7-8-16(11,6)9-10/h10-11H,7-9H2,1-6H3. The van der Waals surface area contributed by atoms with Gasteiger partial charge in [-0.15, -0.1) is 10.2 Å². The zero-order chi connectivity index (χ0) is 14.9. The molecule has 3 rings (SSSR count). The quantitative estimate of drug-likeness (QED) is 0.757. The summed E-state index contributed by atoms with van der Waals surface area (Å²) in [6.45, 7) is 13.8. The van der Waals surface area contributed by atoms with Gasteiger partial charge in [-0.1, -0.05) is 41.5 Å². The van der Waals surface area contributed by atoms with E-state index in [0.29, 0.717) is 16.7 Å². The Morgan fingerprint density at radius 1 is 1.20 bits per heavy atom. The van der Waals surface area contributed by atoms with Crippen LogP contribution in [0.25, 0.3) is 0 Å². The summed E-state index contributed by atoms with van der Waals surface area (Å²) in [4.78, 5) is 0. The van der Waals surface area contributed by atoms with Crippen molar-refractivity contribution in [1.29, 1.82) is 0 Å². The molecule has 0 N–H and O–H groups in total. The Balaban J connectivity index is 2.17. The van der Waals surface area contributed by atoms with Gasteiger partial charge in [0.05, 0.1) is 0 Å². The minimum Gasteiger partial charge on any atom is -0.297 e. The zero-order valence-electron chi connectivity index (χ0n) is 13.5. The summed E-state index contributed by atoms with van der Waals surface area (Å²) >= 11 is 6.45. The van der Waals surface area contributed by atoms with E-state index in [-0.39, 0.29) is 10.8 Å². The van der Waals surface area contributed by atoms with Crippen molar-refractivity contribution in [2.24, 2.45) is 16.7 Å². The summed E-state index contributed by atoms with van der Waals surface area (Å²) in [5.41, 5.74) is 0.563. The van der Waals surface area contributed by atoms with Gasteiger partial charge in [0.15, 0.2) is 0 Å². The average molecular weight is 296 g/mol. The van der Waals surface area contributed by atoms with E-state index in [4.69, 9.17) is 11.6 Å². The maximum absolute atomic E-state index is 6.45. The normalized spacial score (nSPS) is 35.8. The largest absolute Gasteiger partial charge is 0.297 e. The molecule has 3 nitrogen and oxygen atoms in total. The van der Waals surface area contributed by atoms with Crippen LogP contribution in [0.15, 0.2) is 0 Å². The molecule has 0 saturated heterocycles. The van der Waals surface area contributed by atoms with E-state index in [0.717, 1.165) is 11.7 Å². The Morgan fingerprint density at radius 3 is 2.35 bits per heavy atom. The number of nitrogens with zero attached hydrogens (tertiary/aromatic N) is 3. The minimum absolute atomic E-state index is 0.0333. The van der Waals surface area contributed by atoms with Gasteiger partial charge < -0.3 is 0 Å². The Morgan fingerprint density at radius 2 is 1.85 bits per heavy atom. The van der Waals surface area contributed by atoms with Crippen LogP contribution in [0.5, 0.6) is 0 Å². The number of aromatic nitrogens is 3. The molecule has 1 aromatic heterocycles. The molecular weight excluding hydrogens is 270 g/mol. The molecule has 2 aliphatic rings. The monoisotopic (exact) mass is 295 g/mol. The SMILES string of the molecule is CC(C)(C)c1nnc(Cl)n1C1C2(C)CCC(C2)C1(C)C. The first-order chi connectivity index (χ1) is 9.07. The molecule has 0 aliphatic heterocycles. The fraction of sp³-hybridized carbons (Fsp3) is 0.875. The first kappa shape index (κ1) is 14.4. The van der Waals surface area contributed by atoms with Gasteiger partial charge in [0.25, 0.3) is 0 Å². The smallest absolute Gasteiger partial charge is 0.225 e. The molecule has 2 aliphatic carbocycles. The molecule has 0 spiro atoms. The van der Waals surface area contributed by atoms with Crippen LogP contribution < -0.4 is 0 Å². The molecule has 3 unspecified atom stereocenters. The van der Waals surface area contributed by atoms with E-state index in [1.165, 1.54) is 19.3 Å². The Labute approximate surface area is 127 Å². The van der Waals surface area contributed by atoms with Crippen LogP contribution in [0.1, 0.15) is 72.7 Å². The lowest BCUT2D eigenvalue weighted by atomic mass is 9.68. The number of halogens is 1. The average Bonchev–Trinajstić information content (AvgIpc) is 2.88. The van der Waals surface area contributed by atoms with Crippen molar-refractivity contribution in [2.75, 3.05) is 0 Å². The molecular formula is C16H26ClN3. The van der Waals surface area contributed by atoms with Gasteiger partial charge in [-0.3, -0.25) is 4.57 Å². The van der Waals surface area contributed by atoms with Crippen LogP contribution in [0.3, 0.4) is 0 Å². The van der Waals surface area contributed by atoms with E-state index in [9.17, 15) is 0 Å². The van der Waals surface area contributed by atoms with Gasteiger partial charge in [-0.25, -0.2) is 0 Å². The van der Waals surface area contributed by atoms with Gasteiger partial charge in [0.2, 0.25) is 5.28 Å². The van der Waals surface area contributed by atoms with Crippen molar-refractivity contribution >= 4 is 11.6 Å². The number of rotatable bonds is 1. The van der Waals surface area contributed by atoms with Crippen molar-refractivity contribution in [3.63, 3.8) is 0 Å². The molecule has 2 fully saturated rings. The van der Waals surface area contributed by atoms with Crippen LogP contribution in [-0.4, -0.2) is 14.8 Å². The van der Waals surface area contributed by atoms with Crippen LogP contribution in [0.2, 0.25) is 5.28 Å². The van der Waals surface area contributed by atoms with E-state index in [1.807, 2.05) is 0 Å². The van der Waals surface area contributed by atoms with Gasteiger partial charge in [0.1, 0.15) is 5.82 Å². The van der Waals surface area contributed by atoms with Crippen molar-refractivity contribution in [2.45, 2.75) is 72.3 Å². The van der Waals surface area contributed by atoms with Crippen LogP contribution in [0, 0.1) is 16.7 Å². The molecule has 0 amide bonds. The Kier molecular flexibility index (Phi) is 2.87. The summed E-state index contributed by atoms with van der Waals surface area (Å²) in [5.74, 6) is 1.82. The highest BCUT2D eigenvalue weighted by atomic mass is 35.5. The second-order valence-corrected chi connectivity index (χ2v) is 9.07. The topological polar surface area (TPSA) is 30.7 Å². The maximum Gasteiger partial charge on any atom is 0.225 e. The minimum atomic E-state index is -0.0333. The van der Waals surface area contributed by atoms with E-state index in [1.54, 1.807) is 0 Å². The fourth-order valence-corrected chi connectivity index (χ4v) is 5.15. The van der Waals surface area contributed by atoms with Crippen LogP contribution >= 0.6 is 11.6 Å². The van der Waals surface area contributed by atoms with Crippen LogP contribution in [-0.2, 0) is 5.41 Å². The predicted molar refractivity (Wildman–Crippen MR) is 82.0 cm³/mol. The summed E-state index contributed by atoms with van der Waals surface area (Å²) in [6, 6.07) is 0.408. The zero-order valence-corrected chi connectivity index (χ0v) is 14.3. The van der Waals surface area contributed by atoms with E-state index >= 15 is 0 Å². The van der Waals surface area contributed by atoms with Gasteiger partial charge in [0, 0.05) is 11.5 Å². The second-order valence-electron chi connectivity index (χ2n) is 8.73. The highest BCUT2D eigenvalue weighted by Crippen LogP contribution is 2.68. The van der Waals surface area contributed by atoms with E-state index < -0.39 is 0 Å². The third kappa shape index (κ3) is 1.78. The summed E-state index contributed by atoms with van der Waals surface area (Å²) in [7, 11) is 0. The molecule has 0 aromatic carbocycles. The fourth-order valence-electron chi connectivity index (χ4n) is 4.93. The number of hydrogen-bond donors (Lipinski definition) is 0. The molecule has 1 heterocycles. The molecule has 20 heavy (non-hydrogen) atoms. The van der Waals surface area contributed by atoms with Crippen molar-refractivity contribution < 1.29 is 0 Å². The van der Waals surface area contributed by atoms with Gasteiger partial charge in [-0.05, 0) is 47.6 Å². The molecule has 112 valence electrons. The second kappa shape index (κ2) is 4.00. The summed E-state index contributed by atoms with van der Waals surface area (Å²) in [5, 5.41) is 9.14. The van der Waals surface area contributed by atoms with Gasteiger partial charge in [-0.2, -0.15) is 0 Å². The predicted octanol–water partition coefficient (Wildman–Crippen LogP) is 4.62. The third-order valence-corrected chi connectivity index (χ3v) is 6.03. The number of hydrogen-bond acceptors (Lipinski definition) is 2. The van der Waals surface area contributed by atoms with E-state index in [2.05, 4.69) is 56.3 Å². The summed E-state index contributed by atoms with van der Waals surface area (Å²) < 4.78 is 2.25. The highest BCUT2D eigenvalue weighted by molar-refractivity contribution is 6.28. The molecule has 0 radical (unpaired) electrons. The lowest BCUT2D eigenvalue weighted by Gasteiger charge is -2.44. The Hall–Kier alpha value is -0.570. The molecule has 3 atom stereocenters. The van der Waals surface area contributed by atoms with Gasteiger partial charge >= 0.3 is 0 Å².